The van der Waals surface area contributed by atoms with Crippen LogP contribution in [0.5, 0.6) is 0 Å². The number of hydrogen-bond acceptors (Lipinski definition) is 6. The van der Waals surface area contributed by atoms with Crippen LogP contribution < -0.4 is 5.73 Å². The van der Waals surface area contributed by atoms with Crippen LogP contribution in [0, 0.1) is 0 Å². The van der Waals surface area contributed by atoms with Gasteiger partial charge in [0.25, 0.3) is 0 Å². The Kier molecular flexibility index (Phi) is 3.81. The van der Waals surface area contributed by atoms with Crippen molar-refractivity contribution >= 4 is 11.9 Å². The highest BCUT2D eigenvalue weighted by molar-refractivity contribution is 5.87. The van der Waals surface area contributed by atoms with Crippen molar-refractivity contribution in [2.24, 2.45) is 12.8 Å². The Bertz CT molecular complexity index is 442. The van der Waals surface area contributed by atoms with Crippen molar-refractivity contribution in [1.29, 1.82) is 0 Å². The fourth-order valence-corrected chi connectivity index (χ4v) is 1.28. The summed E-state index contributed by atoms with van der Waals surface area (Å²) in [6.45, 7) is 0. The second kappa shape index (κ2) is 4.93. The third-order valence-corrected chi connectivity index (χ3v) is 2.24. The Morgan fingerprint density at radius 2 is 2.18 bits per heavy atom. The van der Waals surface area contributed by atoms with Gasteiger partial charge in [0, 0.05) is 7.05 Å². The van der Waals surface area contributed by atoms with E-state index in [0.29, 0.717) is 0 Å². The predicted octanol–water partition coefficient (Wildman–Crippen LogP) is -1.35. The van der Waals surface area contributed by atoms with E-state index >= 15 is 0 Å². The first-order chi connectivity index (χ1) is 7.88. The third kappa shape index (κ3) is 2.60. The zero-order valence-corrected chi connectivity index (χ0v) is 9.32. The van der Waals surface area contributed by atoms with Crippen LogP contribution in [0.3, 0.4) is 0 Å². The van der Waals surface area contributed by atoms with E-state index in [2.05, 4.69) is 9.84 Å². The average Bonchev–Trinajstić information content (AvgIpc) is 2.68. The summed E-state index contributed by atoms with van der Waals surface area (Å²) in [6, 6.07) is -0.254. The fraction of sp³-hybridized carbons (Fsp3) is 0.444. The first kappa shape index (κ1) is 13.1. The lowest BCUT2D eigenvalue weighted by Crippen LogP contribution is -2.37. The molecule has 0 aliphatic rings. The summed E-state index contributed by atoms with van der Waals surface area (Å²) in [4.78, 5) is 21.8. The van der Waals surface area contributed by atoms with E-state index < -0.39 is 24.1 Å². The first-order valence-corrected chi connectivity index (χ1v) is 4.67. The van der Waals surface area contributed by atoms with Gasteiger partial charge < -0.3 is 20.7 Å². The van der Waals surface area contributed by atoms with Gasteiger partial charge in [0.2, 0.25) is 0 Å². The molecule has 0 fully saturated rings. The molecule has 8 nitrogen and oxygen atoms in total. The zero-order valence-electron chi connectivity index (χ0n) is 9.32. The number of nitrogens with two attached hydrogens (primary N) is 1. The van der Waals surface area contributed by atoms with Crippen LogP contribution in [-0.4, -0.2) is 45.1 Å². The number of ether oxygens (including phenoxy) is 1. The van der Waals surface area contributed by atoms with Gasteiger partial charge in [0.1, 0.15) is 12.1 Å². The van der Waals surface area contributed by atoms with Gasteiger partial charge in [-0.25, -0.2) is 4.79 Å². The molecule has 0 amide bonds. The van der Waals surface area contributed by atoms with Crippen LogP contribution >= 0.6 is 0 Å². The van der Waals surface area contributed by atoms with Crippen molar-refractivity contribution < 1.29 is 24.5 Å². The highest BCUT2D eigenvalue weighted by atomic mass is 16.5. The maximum atomic E-state index is 11.2. The zero-order chi connectivity index (χ0) is 13.2. The Labute approximate surface area is 96.6 Å². The molecule has 0 spiro atoms. The molecule has 0 saturated carbocycles. The molecule has 1 aromatic heterocycles. The number of aliphatic carboxylic acids is 1. The van der Waals surface area contributed by atoms with Crippen LogP contribution in [0.15, 0.2) is 6.07 Å². The van der Waals surface area contributed by atoms with Gasteiger partial charge in [-0.3, -0.25) is 9.48 Å². The van der Waals surface area contributed by atoms with E-state index in [1.54, 1.807) is 0 Å². The minimum atomic E-state index is -1.49. The maximum Gasteiger partial charge on any atom is 0.358 e. The van der Waals surface area contributed by atoms with Gasteiger partial charge in [-0.15, -0.1) is 0 Å². The molecule has 0 saturated heterocycles. The van der Waals surface area contributed by atoms with Crippen LogP contribution in [0.2, 0.25) is 0 Å². The average molecular weight is 243 g/mol. The number of carboxylic acids is 1. The number of aryl methyl sites for hydroxylation is 1. The highest BCUT2D eigenvalue weighted by Gasteiger charge is 2.27. The van der Waals surface area contributed by atoms with Crippen molar-refractivity contribution in [3.63, 3.8) is 0 Å². The van der Waals surface area contributed by atoms with Crippen LogP contribution in [0.4, 0.5) is 0 Å². The Morgan fingerprint density at radius 3 is 2.65 bits per heavy atom. The molecular weight excluding hydrogens is 230 g/mol. The normalized spacial score (nSPS) is 14.1. The molecule has 0 aliphatic carbocycles. The topological polar surface area (TPSA) is 128 Å². The SMILES string of the molecule is COC(=O)c1cc(C(O)C(N)C(=O)O)n(C)n1. The van der Waals surface area contributed by atoms with Crippen molar-refractivity contribution in [3.8, 4) is 0 Å². The van der Waals surface area contributed by atoms with Crippen LogP contribution in [0.25, 0.3) is 0 Å². The predicted molar refractivity (Wildman–Crippen MR) is 55.1 cm³/mol. The largest absolute Gasteiger partial charge is 0.480 e. The van der Waals surface area contributed by atoms with E-state index in [9.17, 15) is 14.7 Å². The number of aromatic nitrogens is 2. The summed E-state index contributed by atoms with van der Waals surface area (Å²) in [5.41, 5.74) is 5.37. The molecule has 8 heteroatoms. The molecule has 0 radical (unpaired) electrons. The highest BCUT2D eigenvalue weighted by Crippen LogP contribution is 2.17. The lowest BCUT2D eigenvalue weighted by molar-refractivity contribution is -0.141. The Morgan fingerprint density at radius 1 is 1.59 bits per heavy atom. The smallest absolute Gasteiger partial charge is 0.358 e. The standard InChI is InChI=1S/C9H13N3O5/c1-12-5(7(13)6(10)8(14)15)3-4(11-12)9(16)17-2/h3,6-7,13H,10H2,1-2H3,(H,14,15). The van der Waals surface area contributed by atoms with Crippen molar-refractivity contribution in [2.45, 2.75) is 12.1 Å². The number of methoxy groups -OCH3 is 1. The fourth-order valence-electron chi connectivity index (χ4n) is 1.28. The summed E-state index contributed by atoms with van der Waals surface area (Å²) >= 11 is 0. The third-order valence-electron chi connectivity index (χ3n) is 2.24. The molecule has 0 aliphatic heterocycles. The van der Waals surface area contributed by atoms with E-state index in [-0.39, 0.29) is 11.4 Å². The van der Waals surface area contributed by atoms with Crippen molar-refractivity contribution in [1.82, 2.24) is 9.78 Å². The quantitative estimate of drug-likeness (QED) is 0.558. The molecule has 17 heavy (non-hydrogen) atoms. The summed E-state index contributed by atoms with van der Waals surface area (Å²) in [7, 11) is 2.65. The molecule has 2 atom stereocenters. The molecule has 1 aromatic rings. The molecule has 0 bridgehead atoms. The lowest BCUT2D eigenvalue weighted by atomic mass is 10.1. The lowest BCUT2D eigenvalue weighted by Gasteiger charge is -2.14. The van der Waals surface area contributed by atoms with E-state index in [1.165, 1.54) is 24.9 Å². The molecule has 2 unspecified atom stereocenters. The monoisotopic (exact) mass is 243 g/mol. The number of aliphatic hydroxyl groups is 1. The van der Waals surface area contributed by atoms with Crippen molar-refractivity contribution in [2.75, 3.05) is 7.11 Å². The summed E-state index contributed by atoms with van der Waals surface area (Å²) < 4.78 is 5.63. The number of carbonyl (C=O) groups excluding carboxylic acids is 1. The number of carboxylic acid groups (broad SMARTS) is 1. The molecule has 94 valence electrons. The molecule has 1 rings (SSSR count). The van der Waals surface area contributed by atoms with Gasteiger partial charge >= 0.3 is 11.9 Å². The number of carbonyl (C=O) groups is 2. The number of nitrogens with zero attached hydrogens (tertiary/aromatic N) is 2. The number of rotatable bonds is 4. The Balaban J connectivity index is 3.03. The number of aliphatic hydroxyl groups excluding tert-OH is 1. The van der Waals surface area contributed by atoms with E-state index in [1.807, 2.05) is 0 Å². The maximum absolute atomic E-state index is 11.2. The number of esters is 1. The van der Waals surface area contributed by atoms with Crippen molar-refractivity contribution in [3.05, 3.63) is 17.5 Å². The minimum absolute atomic E-state index is 0.0263. The van der Waals surface area contributed by atoms with Crippen LogP contribution in [-0.2, 0) is 16.6 Å². The van der Waals surface area contributed by atoms with Crippen LogP contribution in [0.1, 0.15) is 22.3 Å². The van der Waals surface area contributed by atoms with E-state index in [0.717, 1.165) is 0 Å². The van der Waals surface area contributed by atoms with Gasteiger partial charge in [-0.1, -0.05) is 0 Å². The van der Waals surface area contributed by atoms with Gasteiger partial charge in [0.05, 0.1) is 12.8 Å². The second-order valence-corrected chi connectivity index (χ2v) is 3.38. The van der Waals surface area contributed by atoms with Gasteiger partial charge in [0.15, 0.2) is 5.69 Å². The van der Waals surface area contributed by atoms with Gasteiger partial charge in [-0.2, -0.15) is 5.10 Å². The van der Waals surface area contributed by atoms with E-state index in [4.69, 9.17) is 10.8 Å². The summed E-state index contributed by atoms with van der Waals surface area (Å²) in [6.07, 6.45) is -1.46. The molecule has 0 aromatic carbocycles. The van der Waals surface area contributed by atoms with Gasteiger partial charge in [-0.05, 0) is 6.07 Å². The molecular formula is C9H13N3O5. The first-order valence-electron chi connectivity index (χ1n) is 4.67. The molecule has 1 heterocycles. The number of hydrogen-bond donors (Lipinski definition) is 3. The second-order valence-electron chi connectivity index (χ2n) is 3.38. The minimum Gasteiger partial charge on any atom is -0.480 e. The Hall–Kier alpha value is -1.93. The summed E-state index contributed by atoms with van der Waals surface area (Å²) in [5.74, 6) is -2.03. The molecule has 4 N–H and O–H groups in total. The summed E-state index contributed by atoms with van der Waals surface area (Å²) in [5, 5.41) is 22.1.